The van der Waals surface area contributed by atoms with Crippen LogP contribution in [0.4, 0.5) is 0 Å². The van der Waals surface area contributed by atoms with Gasteiger partial charge in [-0.25, -0.2) is 4.79 Å². The molecule has 0 rings (SSSR count). The molecule has 0 aliphatic rings. The average molecular weight is 171 g/mol. The molecular formula is C9H17NO2. The van der Waals surface area contributed by atoms with Crippen molar-refractivity contribution in [3.63, 3.8) is 0 Å². The molecule has 12 heavy (non-hydrogen) atoms. The van der Waals surface area contributed by atoms with E-state index in [0.29, 0.717) is 0 Å². The predicted octanol–water partition coefficient (Wildman–Crippen LogP) is 1.54. The van der Waals surface area contributed by atoms with Crippen molar-refractivity contribution in [3.05, 3.63) is 12.2 Å². The van der Waals surface area contributed by atoms with Crippen molar-refractivity contribution in [1.29, 1.82) is 0 Å². The lowest BCUT2D eigenvalue weighted by Crippen LogP contribution is -1.97. The van der Waals surface area contributed by atoms with Crippen molar-refractivity contribution in [2.75, 3.05) is 6.54 Å². The lowest BCUT2D eigenvalue weighted by atomic mass is 10.1. The summed E-state index contributed by atoms with van der Waals surface area (Å²) >= 11 is 0. The molecule has 0 spiro atoms. The third-order valence-electron chi connectivity index (χ3n) is 1.59. The Morgan fingerprint density at radius 1 is 1.25 bits per heavy atom. The zero-order valence-electron chi connectivity index (χ0n) is 7.33. The van der Waals surface area contributed by atoms with E-state index in [1.807, 2.05) is 0 Å². The van der Waals surface area contributed by atoms with Crippen molar-refractivity contribution >= 4 is 5.97 Å². The number of hydrogen-bond acceptors (Lipinski definition) is 2. The highest BCUT2D eigenvalue weighted by Gasteiger charge is 1.87. The lowest BCUT2D eigenvalue weighted by molar-refractivity contribution is -0.131. The average Bonchev–Trinajstić information content (AvgIpc) is 2.02. The van der Waals surface area contributed by atoms with Crippen LogP contribution >= 0.6 is 0 Å². The second-order valence-corrected chi connectivity index (χ2v) is 2.73. The third kappa shape index (κ3) is 9.17. The molecule has 3 heteroatoms. The van der Waals surface area contributed by atoms with Gasteiger partial charge in [-0.2, -0.15) is 0 Å². The van der Waals surface area contributed by atoms with Crippen molar-refractivity contribution in [2.45, 2.75) is 32.1 Å². The van der Waals surface area contributed by atoms with Crippen LogP contribution < -0.4 is 5.73 Å². The Bertz CT molecular complexity index is 143. The summed E-state index contributed by atoms with van der Waals surface area (Å²) in [6.45, 7) is 0.755. The molecule has 0 unspecified atom stereocenters. The van der Waals surface area contributed by atoms with Crippen LogP contribution in [0.1, 0.15) is 32.1 Å². The fraction of sp³-hybridized carbons (Fsp3) is 0.667. The minimum absolute atomic E-state index is 0.755. The molecule has 0 fully saturated rings. The molecule has 0 atom stereocenters. The van der Waals surface area contributed by atoms with E-state index in [9.17, 15) is 4.79 Å². The van der Waals surface area contributed by atoms with E-state index in [4.69, 9.17) is 10.8 Å². The molecule has 3 N–H and O–H groups in total. The highest BCUT2D eigenvalue weighted by atomic mass is 16.4. The van der Waals surface area contributed by atoms with Gasteiger partial charge < -0.3 is 10.8 Å². The summed E-state index contributed by atoms with van der Waals surface area (Å²) in [6, 6.07) is 0. The summed E-state index contributed by atoms with van der Waals surface area (Å²) in [6.07, 6.45) is 8.18. The predicted molar refractivity (Wildman–Crippen MR) is 48.9 cm³/mol. The molecule has 0 radical (unpaired) electrons. The van der Waals surface area contributed by atoms with Gasteiger partial charge in [0, 0.05) is 6.08 Å². The van der Waals surface area contributed by atoms with Crippen LogP contribution in [0, 0.1) is 0 Å². The minimum atomic E-state index is -0.864. The first-order chi connectivity index (χ1) is 5.77. The molecule has 0 bridgehead atoms. The molecule has 3 nitrogen and oxygen atoms in total. The monoisotopic (exact) mass is 171 g/mol. The molecule has 0 amide bonds. The Labute approximate surface area is 73.3 Å². The number of carboxylic acid groups (broad SMARTS) is 1. The highest BCUT2D eigenvalue weighted by molar-refractivity contribution is 5.79. The van der Waals surface area contributed by atoms with E-state index in [-0.39, 0.29) is 0 Å². The molecule has 0 aliphatic heterocycles. The van der Waals surface area contributed by atoms with Gasteiger partial charge in [0.2, 0.25) is 0 Å². The Hall–Kier alpha value is -0.830. The highest BCUT2D eigenvalue weighted by Crippen LogP contribution is 2.02. The first kappa shape index (κ1) is 11.2. The van der Waals surface area contributed by atoms with Gasteiger partial charge in [-0.3, -0.25) is 0 Å². The molecule has 0 aromatic heterocycles. The molecule has 0 aliphatic carbocycles. The maximum Gasteiger partial charge on any atom is 0.327 e. The van der Waals surface area contributed by atoms with Gasteiger partial charge in [-0.1, -0.05) is 18.9 Å². The number of carbonyl (C=O) groups is 1. The second-order valence-electron chi connectivity index (χ2n) is 2.73. The SMILES string of the molecule is NCCCCCCC=CC(=O)O. The van der Waals surface area contributed by atoms with Crippen LogP contribution in [0.3, 0.4) is 0 Å². The van der Waals surface area contributed by atoms with Gasteiger partial charge in [-0.15, -0.1) is 0 Å². The summed E-state index contributed by atoms with van der Waals surface area (Å²) in [7, 11) is 0. The number of allylic oxidation sites excluding steroid dienone is 1. The topological polar surface area (TPSA) is 63.3 Å². The molecule has 70 valence electrons. The van der Waals surface area contributed by atoms with Crippen molar-refractivity contribution in [2.24, 2.45) is 5.73 Å². The Morgan fingerprint density at radius 3 is 2.50 bits per heavy atom. The third-order valence-corrected chi connectivity index (χ3v) is 1.59. The number of aliphatic carboxylic acids is 1. The summed E-state index contributed by atoms with van der Waals surface area (Å²) in [5.74, 6) is -0.864. The van der Waals surface area contributed by atoms with Crippen molar-refractivity contribution in [3.8, 4) is 0 Å². The van der Waals surface area contributed by atoms with E-state index in [0.717, 1.165) is 38.6 Å². The van der Waals surface area contributed by atoms with Gasteiger partial charge in [0.15, 0.2) is 0 Å². The summed E-state index contributed by atoms with van der Waals surface area (Å²) in [5, 5.41) is 8.25. The Balaban J connectivity index is 3.05. The minimum Gasteiger partial charge on any atom is -0.478 e. The Morgan fingerprint density at radius 2 is 1.92 bits per heavy atom. The van der Waals surface area contributed by atoms with Gasteiger partial charge >= 0.3 is 5.97 Å². The summed E-state index contributed by atoms with van der Waals surface area (Å²) in [4.78, 5) is 10.0. The largest absolute Gasteiger partial charge is 0.478 e. The zero-order chi connectivity index (χ0) is 9.23. The van der Waals surface area contributed by atoms with Gasteiger partial charge in [0.05, 0.1) is 0 Å². The number of unbranched alkanes of at least 4 members (excludes halogenated alkanes) is 4. The Kier molecular flexibility index (Phi) is 7.70. The maximum atomic E-state index is 10.0. The molecule has 0 aromatic rings. The van der Waals surface area contributed by atoms with E-state index in [1.165, 1.54) is 6.08 Å². The summed E-state index contributed by atoms with van der Waals surface area (Å²) < 4.78 is 0. The fourth-order valence-electron chi connectivity index (χ4n) is 0.944. The zero-order valence-corrected chi connectivity index (χ0v) is 7.33. The normalized spacial score (nSPS) is 10.8. The second kappa shape index (κ2) is 8.27. The van der Waals surface area contributed by atoms with Crippen molar-refractivity contribution < 1.29 is 9.90 Å². The lowest BCUT2D eigenvalue weighted by Gasteiger charge is -1.95. The molecule has 0 saturated heterocycles. The quantitative estimate of drug-likeness (QED) is 0.451. The van der Waals surface area contributed by atoms with Crippen LogP contribution in [-0.2, 0) is 4.79 Å². The van der Waals surface area contributed by atoms with Crippen LogP contribution in [0.2, 0.25) is 0 Å². The van der Waals surface area contributed by atoms with E-state index >= 15 is 0 Å². The van der Waals surface area contributed by atoms with Crippen molar-refractivity contribution in [1.82, 2.24) is 0 Å². The molecular weight excluding hydrogens is 154 g/mol. The van der Waals surface area contributed by atoms with Gasteiger partial charge in [0.1, 0.15) is 0 Å². The van der Waals surface area contributed by atoms with Crippen LogP contribution in [0.25, 0.3) is 0 Å². The number of rotatable bonds is 7. The van der Waals surface area contributed by atoms with Crippen LogP contribution in [-0.4, -0.2) is 17.6 Å². The number of nitrogens with two attached hydrogens (primary N) is 1. The molecule has 0 saturated carbocycles. The summed E-state index contributed by atoms with van der Waals surface area (Å²) in [5.41, 5.74) is 5.32. The van der Waals surface area contributed by atoms with Crippen LogP contribution in [0.15, 0.2) is 12.2 Å². The van der Waals surface area contributed by atoms with Crippen LogP contribution in [0.5, 0.6) is 0 Å². The van der Waals surface area contributed by atoms with Gasteiger partial charge in [0.25, 0.3) is 0 Å². The fourth-order valence-corrected chi connectivity index (χ4v) is 0.944. The number of hydrogen-bond donors (Lipinski definition) is 2. The van der Waals surface area contributed by atoms with E-state index < -0.39 is 5.97 Å². The first-order valence-corrected chi connectivity index (χ1v) is 4.37. The smallest absolute Gasteiger partial charge is 0.327 e. The number of carboxylic acids is 1. The van der Waals surface area contributed by atoms with E-state index in [2.05, 4.69) is 0 Å². The standard InChI is InChI=1S/C9H17NO2/c10-8-6-4-2-1-3-5-7-9(11)12/h5,7H,1-4,6,8,10H2,(H,11,12). The first-order valence-electron chi connectivity index (χ1n) is 4.37. The molecule has 0 heterocycles. The van der Waals surface area contributed by atoms with Gasteiger partial charge in [-0.05, 0) is 25.8 Å². The maximum absolute atomic E-state index is 10.0. The van der Waals surface area contributed by atoms with E-state index in [1.54, 1.807) is 6.08 Å². The molecule has 0 aromatic carbocycles.